The van der Waals surface area contributed by atoms with Crippen LogP contribution in [-0.4, -0.2) is 4.98 Å². The highest BCUT2D eigenvalue weighted by molar-refractivity contribution is 6.39. The fourth-order valence-electron chi connectivity index (χ4n) is 1.05. The number of rotatable bonds is 1. The first-order valence-electron chi connectivity index (χ1n) is 3.51. The molecule has 0 N–H and O–H groups in total. The van der Waals surface area contributed by atoms with Crippen LogP contribution in [-0.2, 0) is 5.88 Å². The van der Waals surface area contributed by atoms with Gasteiger partial charge in [0.15, 0.2) is 5.58 Å². The van der Waals surface area contributed by atoms with Crippen LogP contribution in [0.2, 0.25) is 10.0 Å². The van der Waals surface area contributed by atoms with Crippen molar-refractivity contribution in [3.63, 3.8) is 0 Å². The number of halogens is 3. The first-order valence-corrected chi connectivity index (χ1v) is 4.81. The molecule has 0 atom stereocenters. The number of nitrogens with zero attached hydrogens (tertiary/aromatic N) is 1. The molecule has 13 heavy (non-hydrogen) atoms. The number of hydrogen-bond donors (Lipinski definition) is 0. The van der Waals surface area contributed by atoms with E-state index in [0.29, 0.717) is 27.0 Å². The summed E-state index contributed by atoms with van der Waals surface area (Å²) in [6.45, 7) is 0. The zero-order valence-corrected chi connectivity index (χ0v) is 8.62. The average Bonchev–Trinajstić information content (AvgIpc) is 2.56. The number of benzene rings is 1. The van der Waals surface area contributed by atoms with Gasteiger partial charge in [0.05, 0.1) is 15.9 Å². The molecule has 0 unspecified atom stereocenters. The van der Waals surface area contributed by atoms with Gasteiger partial charge in [-0.05, 0) is 12.1 Å². The van der Waals surface area contributed by atoms with Crippen molar-refractivity contribution >= 4 is 45.9 Å². The van der Waals surface area contributed by atoms with Crippen molar-refractivity contribution in [1.29, 1.82) is 0 Å². The molecule has 0 aliphatic heterocycles. The second-order valence-corrected chi connectivity index (χ2v) is 3.53. The highest BCUT2D eigenvalue weighted by Crippen LogP contribution is 2.30. The lowest BCUT2D eigenvalue weighted by atomic mass is 10.3. The third kappa shape index (κ3) is 1.50. The molecule has 1 aromatic heterocycles. The molecule has 0 amide bonds. The third-order valence-corrected chi connectivity index (χ3v) is 2.44. The Morgan fingerprint density at radius 2 is 1.92 bits per heavy atom. The van der Waals surface area contributed by atoms with Crippen molar-refractivity contribution in [2.24, 2.45) is 0 Å². The van der Waals surface area contributed by atoms with Crippen molar-refractivity contribution in [2.75, 3.05) is 0 Å². The molecule has 1 aromatic carbocycles. The van der Waals surface area contributed by atoms with E-state index in [1.165, 1.54) is 0 Å². The number of aromatic nitrogens is 1. The minimum absolute atomic E-state index is 0.210. The van der Waals surface area contributed by atoms with E-state index in [9.17, 15) is 0 Å². The Kier molecular flexibility index (Phi) is 2.37. The summed E-state index contributed by atoms with van der Waals surface area (Å²) in [7, 11) is 0. The van der Waals surface area contributed by atoms with E-state index < -0.39 is 0 Å². The topological polar surface area (TPSA) is 26.0 Å². The highest BCUT2D eigenvalue weighted by Gasteiger charge is 2.11. The van der Waals surface area contributed by atoms with Gasteiger partial charge in [-0.1, -0.05) is 23.2 Å². The summed E-state index contributed by atoms with van der Waals surface area (Å²) in [5, 5.41) is 1.00. The molecule has 0 saturated heterocycles. The molecule has 0 saturated carbocycles. The zero-order chi connectivity index (χ0) is 9.42. The summed E-state index contributed by atoms with van der Waals surface area (Å²) >= 11 is 17.3. The number of hydrogen-bond acceptors (Lipinski definition) is 2. The highest BCUT2D eigenvalue weighted by atomic mass is 35.5. The van der Waals surface area contributed by atoms with E-state index in [1.54, 1.807) is 12.1 Å². The van der Waals surface area contributed by atoms with Gasteiger partial charge in [0.1, 0.15) is 5.52 Å². The van der Waals surface area contributed by atoms with Crippen LogP contribution in [0.25, 0.3) is 11.1 Å². The molecular formula is C8H4Cl3NO. The fourth-order valence-corrected chi connectivity index (χ4v) is 1.54. The Hall–Kier alpha value is -0.440. The summed E-state index contributed by atoms with van der Waals surface area (Å²) in [5.41, 5.74) is 1.05. The van der Waals surface area contributed by atoms with Crippen LogP contribution in [0, 0.1) is 0 Å². The van der Waals surface area contributed by atoms with Crippen molar-refractivity contribution in [2.45, 2.75) is 5.88 Å². The first-order chi connectivity index (χ1) is 6.22. The minimum atomic E-state index is 0.210. The molecule has 0 aliphatic rings. The van der Waals surface area contributed by atoms with Gasteiger partial charge in [-0.15, -0.1) is 11.6 Å². The van der Waals surface area contributed by atoms with E-state index in [0.717, 1.165) is 0 Å². The predicted molar refractivity (Wildman–Crippen MR) is 53.6 cm³/mol. The number of oxazole rings is 1. The van der Waals surface area contributed by atoms with Crippen LogP contribution in [0.15, 0.2) is 16.5 Å². The quantitative estimate of drug-likeness (QED) is 0.703. The van der Waals surface area contributed by atoms with Crippen LogP contribution in [0.4, 0.5) is 0 Å². The molecule has 0 aliphatic carbocycles. The fraction of sp³-hybridized carbons (Fsp3) is 0.125. The molecule has 2 aromatic rings. The maximum absolute atomic E-state index is 5.88. The summed E-state index contributed by atoms with van der Waals surface area (Å²) in [5.74, 6) is 0.633. The van der Waals surface area contributed by atoms with Gasteiger partial charge in [-0.2, -0.15) is 0 Å². The first kappa shape index (κ1) is 9.13. The minimum Gasteiger partial charge on any atom is -0.438 e. The lowest BCUT2D eigenvalue weighted by molar-refractivity contribution is 0.555. The molecule has 0 fully saturated rings. The second-order valence-electron chi connectivity index (χ2n) is 2.45. The molecular weight excluding hydrogens is 232 g/mol. The average molecular weight is 236 g/mol. The Morgan fingerprint density at radius 3 is 2.54 bits per heavy atom. The molecule has 5 heteroatoms. The number of alkyl halides is 1. The van der Waals surface area contributed by atoms with E-state index in [4.69, 9.17) is 39.2 Å². The Balaban J connectivity index is 2.80. The van der Waals surface area contributed by atoms with Gasteiger partial charge in [0, 0.05) is 0 Å². The van der Waals surface area contributed by atoms with Crippen LogP contribution < -0.4 is 0 Å². The lowest BCUT2D eigenvalue weighted by Crippen LogP contribution is -1.74. The Labute approximate surface area is 89.4 Å². The largest absolute Gasteiger partial charge is 0.438 e. The van der Waals surface area contributed by atoms with E-state index >= 15 is 0 Å². The zero-order valence-electron chi connectivity index (χ0n) is 6.35. The van der Waals surface area contributed by atoms with Gasteiger partial charge in [0.25, 0.3) is 0 Å². The third-order valence-electron chi connectivity index (χ3n) is 1.60. The van der Waals surface area contributed by atoms with E-state index in [-0.39, 0.29) is 5.88 Å². The summed E-state index contributed by atoms with van der Waals surface area (Å²) in [6, 6.07) is 3.34. The molecule has 0 bridgehead atoms. The standard InChI is InChI=1S/C8H4Cl3NO/c9-3-6-12-7-4(10)1-2-5(11)8(7)13-6/h1-2H,3H2. The van der Waals surface area contributed by atoms with Crippen LogP contribution in [0.3, 0.4) is 0 Å². The summed E-state index contributed by atoms with van der Waals surface area (Å²) in [6.07, 6.45) is 0. The van der Waals surface area contributed by atoms with Crippen molar-refractivity contribution in [1.82, 2.24) is 4.98 Å². The smallest absolute Gasteiger partial charge is 0.210 e. The summed E-state index contributed by atoms with van der Waals surface area (Å²) < 4.78 is 5.27. The molecule has 1 heterocycles. The molecule has 0 spiro atoms. The van der Waals surface area contributed by atoms with Crippen molar-refractivity contribution in [3.8, 4) is 0 Å². The van der Waals surface area contributed by atoms with Gasteiger partial charge in [-0.3, -0.25) is 0 Å². The maximum atomic E-state index is 5.88. The van der Waals surface area contributed by atoms with E-state index in [2.05, 4.69) is 4.98 Å². The Bertz CT molecular complexity index is 413. The predicted octanol–water partition coefficient (Wildman–Crippen LogP) is 3.87. The van der Waals surface area contributed by atoms with Crippen molar-refractivity contribution < 1.29 is 4.42 Å². The maximum Gasteiger partial charge on any atom is 0.210 e. The lowest BCUT2D eigenvalue weighted by Gasteiger charge is -1.91. The number of fused-ring (bicyclic) bond motifs is 1. The van der Waals surface area contributed by atoms with Crippen LogP contribution in [0.5, 0.6) is 0 Å². The Morgan fingerprint density at radius 1 is 1.23 bits per heavy atom. The monoisotopic (exact) mass is 235 g/mol. The molecule has 2 rings (SSSR count). The van der Waals surface area contributed by atoms with Gasteiger partial charge in [-0.25, -0.2) is 4.98 Å². The normalized spacial score (nSPS) is 11.0. The second kappa shape index (κ2) is 3.37. The molecule has 2 nitrogen and oxygen atoms in total. The molecule has 68 valence electrons. The molecule has 0 radical (unpaired) electrons. The van der Waals surface area contributed by atoms with Gasteiger partial charge in [0.2, 0.25) is 5.89 Å². The van der Waals surface area contributed by atoms with Crippen LogP contribution in [0.1, 0.15) is 5.89 Å². The van der Waals surface area contributed by atoms with Gasteiger partial charge >= 0.3 is 0 Å². The van der Waals surface area contributed by atoms with Gasteiger partial charge < -0.3 is 4.42 Å². The van der Waals surface area contributed by atoms with E-state index in [1.807, 2.05) is 0 Å². The SMILES string of the molecule is ClCc1nc2c(Cl)ccc(Cl)c2o1. The van der Waals surface area contributed by atoms with Crippen molar-refractivity contribution in [3.05, 3.63) is 28.1 Å². The van der Waals surface area contributed by atoms with Crippen LogP contribution >= 0.6 is 34.8 Å². The summed E-state index contributed by atoms with van der Waals surface area (Å²) in [4.78, 5) is 4.08.